The third kappa shape index (κ3) is 5.06. The summed E-state index contributed by atoms with van der Waals surface area (Å²) < 4.78 is 27.2. The summed E-state index contributed by atoms with van der Waals surface area (Å²) in [5, 5.41) is 0. The van der Waals surface area contributed by atoms with Gasteiger partial charge in [0.05, 0.1) is 17.9 Å². The lowest BCUT2D eigenvalue weighted by Gasteiger charge is -2.13. The highest BCUT2D eigenvalue weighted by Gasteiger charge is 2.14. The van der Waals surface area contributed by atoms with Crippen LogP contribution in [0.15, 0.2) is 24.3 Å². The number of carbonyl (C=O) groups is 1. The third-order valence-corrected chi connectivity index (χ3v) is 3.62. The van der Waals surface area contributed by atoms with Gasteiger partial charge in [-0.3, -0.25) is 4.79 Å². The highest BCUT2D eigenvalue weighted by molar-refractivity contribution is 8.13. The molecule has 0 amide bonds. The van der Waals surface area contributed by atoms with Crippen LogP contribution in [0.25, 0.3) is 0 Å². The van der Waals surface area contributed by atoms with Crippen molar-refractivity contribution in [1.29, 1.82) is 0 Å². The van der Waals surface area contributed by atoms with Gasteiger partial charge in [0.15, 0.2) is 5.78 Å². The molecule has 4 nitrogen and oxygen atoms in total. The number of carbonyl (C=O) groups excluding carboxylic acids is 1. The van der Waals surface area contributed by atoms with Crippen molar-refractivity contribution in [3.8, 4) is 5.75 Å². The molecule has 0 heterocycles. The minimum atomic E-state index is -3.53. The molecule has 1 aromatic rings. The van der Waals surface area contributed by atoms with E-state index in [-0.39, 0.29) is 24.1 Å². The fraction of sp³-hybridized carbons (Fsp3) is 0.417. The molecule has 100 valence electrons. The van der Waals surface area contributed by atoms with E-state index in [1.54, 1.807) is 31.2 Å². The maximum atomic E-state index is 11.3. The first kappa shape index (κ1) is 15.0. The van der Waals surface area contributed by atoms with E-state index in [0.717, 1.165) is 0 Å². The molecule has 0 radical (unpaired) electrons. The third-order valence-electron chi connectivity index (χ3n) is 2.27. The summed E-state index contributed by atoms with van der Waals surface area (Å²) in [6.07, 6.45) is 0. The lowest BCUT2D eigenvalue weighted by atomic mass is 10.1. The first-order valence-electron chi connectivity index (χ1n) is 5.44. The Morgan fingerprint density at radius 1 is 1.39 bits per heavy atom. The van der Waals surface area contributed by atoms with Crippen molar-refractivity contribution in [3.63, 3.8) is 0 Å². The van der Waals surface area contributed by atoms with Gasteiger partial charge < -0.3 is 4.74 Å². The van der Waals surface area contributed by atoms with Crippen LogP contribution in [0.3, 0.4) is 0 Å². The molecule has 0 aliphatic rings. The molecule has 1 atom stereocenters. The zero-order valence-corrected chi connectivity index (χ0v) is 11.8. The monoisotopic (exact) mass is 290 g/mol. The number of hydrogen-bond acceptors (Lipinski definition) is 4. The van der Waals surface area contributed by atoms with Gasteiger partial charge in [-0.2, -0.15) is 0 Å². The van der Waals surface area contributed by atoms with E-state index < -0.39 is 9.05 Å². The fourth-order valence-corrected chi connectivity index (χ4v) is 2.92. The van der Waals surface area contributed by atoms with Gasteiger partial charge in [-0.25, -0.2) is 8.42 Å². The van der Waals surface area contributed by atoms with Gasteiger partial charge in [-0.15, -0.1) is 0 Å². The molecule has 18 heavy (non-hydrogen) atoms. The Morgan fingerprint density at radius 2 is 2.00 bits per heavy atom. The maximum Gasteiger partial charge on any atom is 0.232 e. The lowest BCUT2D eigenvalue weighted by molar-refractivity contribution is 0.101. The molecule has 1 aromatic carbocycles. The highest BCUT2D eigenvalue weighted by atomic mass is 35.7. The molecule has 1 rings (SSSR count). The van der Waals surface area contributed by atoms with Gasteiger partial charge in [0.1, 0.15) is 5.75 Å². The number of Topliss-reactive ketones (excluding diaryl/α,β-unsaturated/α-hetero) is 1. The van der Waals surface area contributed by atoms with Gasteiger partial charge in [0, 0.05) is 16.6 Å². The zero-order chi connectivity index (χ0) is 13.8. The van der Waals surface area contributed by atoms with Crippen LogP contribution in [-0.4, -0.2) is 26.6 Å². The number of ether oxygens (including phenoxy) is 1. The molecule has 0 N–H and O–H groups in total. The van der Waals surface area contributed by atoms with Gasteiger partial charge in [-0.1, -0.05) is 19.1 Å². The van der Waals surface area contributed by atoms with Crippen molar-refractivity contribution in [2.24, 2.45) is 5.92 Å². The van der Waals surface area contributed by atoms with Crippen molar-refractivity contribution in [3.05, 3.63) is 29.8 Å². The Balaban J connectivity index is 2.67. The Kier molecular flexibility index (Phi) is 5.16. The molecular weight excluding hydrogens is 276 g/mol. The quantitative estimate of drug-likeness (QED) is 0.596. The van der Waals surface area contributed by atoms with Crippen LogP contribution in [0.4, 0.5) is 0 Å². The predicted octanol–water partition coefficient (Wildman–Crippen LogP) is 2.47. The van der Waals surface area contributed by atoms with Gasteiger partial charge in [0.25, 0.3) is 0 Å². The van der Waals surface area contributed by atoms with Gasteiger partial charge in [0.2, 0.25) is 9.05 Å². The number of halogens is 1. The number of ketones is 1. The van der Waals surface area contributed by atoms with Gasteiger partial charge >= 0.3 is 0 Å². The summed E-state index contributed by atoms with van der Waals surface area (Å²) in [5.41, 5.74) is 0.485. The van der Waals surface area contributed by atoms with Crippen molar-refractivity contribution < 1.29 is 17.9 Å². The average Bonchev–Trinajstić information content (AvgIpc) is 2.24. The number of para-hydroxylation sites is 1. The molecule has 0 saturated heterocycles. The summed E-state index contributed by atoms with van der Waals surface area (Å²) in [7, 11) is 1.63. The van der Waals surface area contributed by atoms with Crippen LogP contribution in [0.1, 0.15) is 24.2 Å². The van der Waals surface area contributed by atoms with E-state index in [4.69, 9.17) is 15.4 Å². The Morgan fingerprint density at radius 3 is 2.56 bits per heavy atom. The first-order chi connectivity index (χ1) is 8.29. The van der Waals surface area contributed by atoms with E-state index >= 15 is 0 Å². The molecule has 0 fully saturated rings. The van der Waals surface area contributed by atoms with E-state index in [1.807, 2.05) is 0 Å². The van der Waals surface area contributed by atoms with Crippen LogP contribution >= 0.6 is 10.7 Å². The summed E-state index contributed by atoms with van der Waals surface area (Å²) >= 11 is 0. The minimum absolute atomic E-state index is 0.0942. The lowest BCUT2D eigenvalue weighted by Crippen LogP contribution is -2.17. The second-order valence-corrected chi connectivity index (χ2v) is 7.00. The smallest absolute Gasteiger partial charge is 0.232 e. The number of rotatable bonds is 6. The van der Waals surface area contributed by atoms with E-state index in [0.29, 0.717) is 11.3 Å². The van der Waals surface area contributed by atoms with E-state index in [9.17, 15) is 13.2 Å². The molecule has 0 spiro atoms. The van der Waals surface area contributed by atoms with E-state index in [2.05, 4.69) is 0 Å². The summed E-state index contributed by atoms with van der Waals surface area (Å²) in [5.74, 6) is -0.0314. The molecule has 0 aliphatic carbocycles. The highest BCUT2D eigenvalue weighted by Crippen LogP contribution is 2.19. The first-order valence-corrected chi connectivity index (χ1v) is 7.92. The molecular formula is C12H15ClO4S. The van der Waals surface area contributed by atoms with Crippen molar-refractivity contribution in [1.82, 2.24) is 0 Å². The zero-order valence-electron chi connectivity index (χ0n) is 10.2. The van der Waals surface area contributed by atoms with Crippen molar-refractivity contribution >= 4 is 25.5 Å². The largest absolute Gasteiger partial charge is 0.493 e. The van der Waals surface area contributed by atoms with E-state index in [1.165, 1.54) is 6.92 Å². The van der Waals surface area contributed by atoms with Crippen LogP contribution in [0.5, 0.6) is 5.75 Å². The molecule has 6 heteroatoms. The average molecular weight is 291 g/mol. The minimum Gasteiger partial charge on any atom is -0.493 e. The van der Waals surface area contributed by atoms with Gasteiger partial charge in [-0.05, 0) is 19.1 Å². The van der Waals surface area contributed by atoms with Crippen LogP contribution in [-0.2, 0) is 9.05 Å². The number of hydrogen-bond donors (Lipinski definition) is 0. The summed E-state index contributed by atoms with van der Waals surface area (Å²) in [6, 6.07) is 6.85. The maximum absolute atomic E-state index is 11.3. The fourth-order valence-electron chi connectivity index (χ4n) is 1.50. The molecule has 0 aromatic heterocycles. The molecule has 0 bridgehead atoms. The standard InChI is InChI=1S/C12H15ClO4S/c1-9(8-18(13,15)16)7-17-12-6-4-3-5-11(12)10(2)14/h3-6,9H,7-8H2,1-2H3. The second kappa shape index (κ2) is 6.20. The SMILES string of the molecule is CC(=O)c1ccccc1OCC(C)CS(=O)(=O)Cl. The molecule has 0 saturated carbocycles. The van der Waals surface area contributed by atoms with Crippen LogP contribution in [0, 0.1) is 5.92 Å². The van der Waals surface area contributed by atoms with Crippen LogP contribution < -0.4 is 4.74 Å². The van der Waals surface area contributed by atoms with Crippen molar-refractivity contribution in [2.75, 3.05) is 12.4 Å². The summed E-state index contributed by atoms with van der Waals surface area (Å²) in [4.78, 5) is 11.3. The Hall–Kier alpha value is -1.07. The second-order valence-electron chi connectivity index (χ2n) is 4.17. The topological polar surface area (TPSA) is 60.4 Å². The Bertz CT molecular complexity index is 525. The predicted molar refractivity (Wildman–Crippen MR) is 70.7 cm³/mol. The van der Waals surface area contributed by atoms with Crippen molar-refractivity contribution in [2.45, 2.75) is 13.8 Å². The normalized spacial score (nSPS) is 13.1. The Labute approximate surface area is 111 Å². The molecule has 1 unspecified atom stereocenters. The number of benzene rings is 1. The van der Waals surface area contributed by atoms with Crippen LogP contribution in [0.2, 0.25) is 0 Å². The molecule has 0 aliphatic heterocycles. The summed E-state index contributed by atoms with van der Waals surface area (Å²) in [6.45, 7) is 3.36.